The molecule has 0 radical (unpaired) electrons. The second kappa shape index (κ2) is 5.74. The normalized spacial score (nSPS) is 18.0. The van der Waals surface area contributed by atoms with Crippen LogP contribution in [0.5, 0.6) is 11.5 Å². The van der Waals surface area contributed by atoms with Gasteiger partial charge in [0.05, 0.1) is 19.1 Å². The molecule has 21 heavy (non-hydrogen) atoms. The van der Waals surface area contributed by atoms with Gasteiger partial charge in [-0.05, 0) is 19.1 Å². The summed E-state index contributed by atoms with van der Waals surface area (Å²) in [7, 11) is 0. The molecule has 0 fully saturated rings. The Balaban J connectivity index is 1.76. The highest BCUT2D eigenvalue weighted by Crippen LogP contribution is 2.34. The Hall–Kier alpha value is -2.07. The van der Waals surface area contributed by atoms with Crippen molar-refractivity contribution < 1.29 is 13.9 Å². The van der Waals surface area contributed by atoms with Gasteiger partial charge in [0, 0.05) is 23.2 Å². The summed E-state index contributed by atoms with van der Waals surface area (Å²) >= 11 is 0. The van der Waals surface area contributed by atoms with Gasteiger partial charge in [-0.1, -0.05) is 24.3 Å². The number of rotatable bonds is 4. The summed E-state index contributed by atoms with van der Waals surface area (Å²) in [6, 6.07) is 12.2. The van der Waals surface area contributed by atoms with E-state index in [0.717, 1.165) is 16.9 Å². The molecular formula is C17H18FNO2. The SMILES string of the molecule is CC(N)c1ccc(F)cc1OCC1COc2ccccc21. The zero-order valence-electron chi connectivity index (χ0n) is 11.9. The first-order valence-corrected chi connectivity index (χ1v) is 7.04. The monoisotopic (exact) mass is 287 g/mol. The lowest BCUT2D eigenvalue weighted by Gasteiger charge is -2.16. The number of ether oxygens (including phenoxy) is 2. The molecule has 0 amide bonds. The highest BCUT2D eigenvalue weighted by molar-refractivity contribution is 5.40. The summed E-state index contributed by atoms with van der Waals surface area (Å²) < 4.78 is 24.8. The number of halogens is 1. The Morgan fingerprint density at radius 2 is 2.14 bits per heavy atom. The van der Waals surface area contributed by atoms with Crippen molar-refractivity contribution in [3.05, 3.63) is 59.4 Å². The molecule has 2 N–H and O–H groups in total. The number of hydrogen-bond acceptors (Lipinski definition) is 3. The lowest BCUT2D eigenvalue weighted by Crippen LogP contribution is -2.14. The van der Waals surface area contributed by atoms with E-state index >= 15 is 0 Å². The fourth-order valence-electron chi connectivity index (χ4n) is 2.57. The maximum absolute atomic E-state index is 13.4. The third-order valence-corrected chi connectivity index (χ3v) is 3.71. The molecule has 3 nitrogen and oxygen atoms in total. The fourth-order valence-corrected chi connectivity index (χ4v) is 2.57. The van der Waals surface area contributed by atoms with Crippen molar-refractivity contribution in [3.63, 3.8) is 0 Å². The maximum atomic E-state index is 13.4. The van der Waals surface area contributed by atoms with Crippen LogP contribution in [0.2, 0.25) is 0 Å². The van der Waals surface area contributed by atoms with E-state index in [0.29, 0.717) is 19.0 Å². The van der Waals surface area contributed by atoms with E-state index in [9.17, 15) is 4.39 Å². The topological polar surface area (TPSA) is 44.5 Å². The standard InChI is InChI=1S/C17H18FNO2/c1-11(19)14-7-6-13(18)8-17(14)21-10-12-9-20-16-5-3-2-4-15(12)16/h2-8,11-12H,9-10,19H2,1H3. The van der Waals surface area contributed by atoms with Crippen molar-refractivity contribution >= 4 is 0 Å². The lowest BCUT2D eigenvalue weighted by molar-refractivity contribution is 0.245. The van der Waals surface area contributed by atoms with Gasteiger partial charge in [-0.25, -0.2) is 4.39 Å². The van der Waals surface area contributed by atoms with Gasteiger partial charge in [0.25, 0.3) is 0 Å². The van der Waals surface area contributed by atoms with Crippen LogP contribution in [-0.4, -0.2) is 13.2 Å². The second-order valence-corrected chi connectivity index (χ2v) is 5.33. The molecule has 0 aliphatic carbocycles. The lowest BCUT2D eigenvalue weighted by atomic mass is 10.0. The second-order valence-electron chi connectivity index (χ2n) is 5.33. The molecule has 1 aliphatic rings. The molecule has 2 unspecified atom stereocenters. The van der Waals surface area contributed by atoms with E-state index in [4.69, 9.17) is 15.2 Å². The van der Waals surface area contributed by atoms with Crippen LogP contribution in [0.1, 0.15) is 30.0 Å². The number of para-hydroxylation sites is 1. The van der Waals surface area contributed by atoms with Gasteiger partial charge in [0.2, 0.25) is 0 Å². The zero-order chi connectivity index (χ0) is 14.8. The molecule has 3 rings (SSSR count). The first kappa shape index (κ1) is 13.9. The molecule has 2 aromatic rings. The first-order valence-electron chi connectivity index (χ1n) is 7.04. The Bertz CT molecular complexity index is 642. The van der Waals surface area contributed by atoms with Crippen LogP contribution in [0.4, 0.5) is 4.39 Å². The molecule has 0 saturated heterocycles. The molecule has 110 valence electrons. The van der Waals surface area contributed by atoms with Gasteiger partial charge >= 0.3 is 0 Å². The van der Waals surface area contributed by atoms with Crippen LogP contribution in [-0.2, 0) is 0 Å². The minimum absolute atomic E-state index is 0.158. The summed E-state index contributed by atoms with van der Waals surface area (Å²) in [4.78, 5) is 0. The molecule has 0 bridgehead atoms. The predicted octanol–water partition coefficient (Wildman–Crippen LogP) is 3.40. The van der Waals surface area contributed by atoms with E-state index in [2.05, 4.69) is 0 Å². The molecule has 4 heteroatoms. The van der Waals surface area contributed by atoms with Gasteiger partial charge in [-0.3, -0.25) is 0 Å². The molecule has 0 aromatic heterocycles. The minimum atomic E-state index is -0.322. The number of fused-ring (bicyclic) bond motifs is 1. The van der Waals surface area contributed by atoms with Crippen molar-refractivity contribution in [1.82, 2.24) is 0 Å². The summed E-state index contributed by atoms with van der Waals surface area (Å²) in [6.07, 6.45) is 0. The Labute approximate surface area is 123 Å². The van der Waals surface area contributed by atoms with E-state index in [-0.39, 0.29) is 17.8 Å². The summed E-state index contributed by atoms with van der Waals surface area (Å²) in [5.41, 5.74) is 7.84. The predicted molar refractivity (Wildman–Crippen MR) is 79.2 cm³/mol. The zero-order valence-corrected chi connectivity index (χ0v) is 11.9. The largest absolute Gasteiger partial charge is 0.493 e. The van der Waals surface area contributed by atoms with Gasteiger partial charge in [0.1, 0.15) is 17.3 Å². The smallest absolute Gasteiger partial charge is 0.126 e. The third-order valence-electron chi connectivity index (χ3n) is 3.71. The fraction of sp³-hybridized carbons (Fsp3) is 0.294. The Kier molecular flexibility index (Phi) is 3.80. The quantitative estimate of drug-likeness (QED) is 0.937. The van der Waals surface area contributed by atoms with E-state index in [1.165, 1.54) is 12.1 Å². The van der Waals surface area contributed by atoms with Gasteiger partial charge in [-0.2, -0.15) is 0 Å². The number of hydrogen-bond donors (Lipinski definition) is 1. The van der Waals surface area contributed by atoms with E-state index in [1.807, 2.05) is 31.2 Å². The molecule has 0 saturated carbocycles. The molecular weight excluding hydrogens is 269 g/mol. The van der Waals surface area contributed by atoms with Crippen molar-refractivity contribution in [2.75, 3.05) is 13.2 Å². The van der Waals surface area contributed by atoms with Crippen LogP contribution >= 0.6 is 0 Å². The van der Waals surface area contributed by atoms with Crippen molar-refractivity contribution in [1.29, 1.82) is 0 Å². The molecule has 1 aliphatic heterocycles. The highest BCUT2D eigenvalue weighted by atomic mass is 19.1. The number of nitrogens with two attached hydrogens (primary N) is 1. The van der Waals surface area contributed by atoms with Crippen molar-refractivity contribution in [2.45, 2.75) is 18.9 Å². The minimum Gasteiger partial charge on any atom is -0.493 e. The summed E-state index contributed by atoms with van der Waals surface area (Å²) in [5.74, 6) is 1.25. The van der Waals surface area contributed by atoms with Crippen LogP contribution in [0, 0.1) is 5.82 Å². The first-order chi connectivity index (χ1) is 10.1. The van der Waals surface area contributed by atoms with Crippen LogP contribution in [0.3, 0.4) is 0 Å². The van der Waals surface area contributed by atoms with Gasteiger partial charge in [0.15, 0.2) is 0 Å². The molecule has 2 atom stereocenters. The van der Waals surface area contributed by atoms with Crippen molar-refractivity contribution in [3.8, 4) is 11.5 Å². The third kappa shape index (κ3) is 2.85. The van der Waals surface area contributed by atoms with Gasteiger partial charge < -0.3 is 15.2 Å². The Morgan fingerprint density at radius 1 is 1.33 bits per heavy atom. The van der Waals surface area contributed by atoms with Crippen LogP contribution in [0.15, 0.2) is 42.5 Å². The highest BCUT2D eigenvalue weighted by Gasteiger charge is 2.24. The van der Waals surface area contributed by atoms with Crippen LogP contribution < -0.4 is 15.2 Å². The maximum Gasteiger partial charge on any atom is 0.126 e. The van der Waals surface area contributed by atoms with E-state index in [1.54, 1.807) is 6.07 Å². The molecule has 1 heterocycles. The van der Waals surface area contributed by atoms with E-state index < -0.39 is 0 Å². The average molecular weight is 287 g/mol. The average Bonchev–Trinajstić information content (AvgIpc) is 2.88. The van der Waals surface area contributed by atoms with Gasteiger partial charge in [-0.15, -0.1) is 0 Å². The van der Waals surface area contributed by atoms with Crippen molar-refractivity contribution in [2.24, 2.45) is 5.73 Å². The summed E-state index contributed by atoms with van der Waals surface area (Å²) in [6.45, 7) is 2.89. The summed E-state index contributed by atoms with van der Waals surface area (Å²) in [5, 5.41) is 0. The van der Waals surface area contributed by atoms with Crippen LogP contribution in [0.25, 0.3) is 0 Å². The molecule has 2 aromatic carbocycles. The number of benzene rings is 2. The Morgan fingerprint density at radius 3 is 2.95 bits per heavy atom. The molecule has 0 spiro atoms.